The summed E-state index contributed by atoms with van der Waals surface area (Å²) in [6, 6.07) is 26.3. The summed E-state index contributed by atoms with van der Waals surface area (Å²) < 4.78 is 0. The van der Waals surface area contributed by atoms with Gasteiger partial charge >= 0.3 is 5.97 Å². The number of aromatic hydroxyl groups is 1. The molecule has 6 rings (SSSR count). The minimum atomic E-state index is -0.709. The predicted molar refractivity (Wildman–Crippen MR) is 165 cm³/mol. The zero-order valence-corrected chi connectivity index (χ0v) is 24.2. The third-order valence-corrected chi connectivity index (χ3v) is 10.2. The van der Waals surface area contributed by atoms with E-state index in [1.807, 2.05) is 12.1 Å². The fourth-order valence-corrected chi connectivity index (χ4v) is 8.12. The molecule has 216 valence electrons. The summed E-state index contributed by atoms with van der Waals surface area (Å²) in [6.45, 7) is 4.19. The van der Waals surface area contributed by atoms with Crippen LogP contribution in [0.15, 0.2) is 72.8 Å². The average Bonchev–Trinajstić information content (AvgIpc) is 3.19. The molecule has 2 saturated heterocycles. The first-order chi connectivity index (χ1) is 20.0. The Balaban J connectivity index is 1.17. The maximum absolute atomic E-state index is 11.2. The second-order valence-corrected chi connectivity index (χ2v) is 12.7. The van der Waals surface area contributed by atoms with Crippen molar-refractivity contribution in [1.29, 1.82) is 0 Å². The number of nitrogens with zero attached hydrogens (tertiary/aromatic N) is 2. The minimum absolute atomic E-state index is 0.178. The number of phenolic OH excluding ortho intramolecular Hbond substituents is 1. The number of fused-ring (bicyclic) bond motifs is 1. The van der Waals surface area contributed by atoms with Gasteiger partial charge in [-0.15, -0.1) is 0 Å². The van der Waals surface area contributed by atoms with Crippen LogP contribution in [-0.4, -0.2) is 53.8 Å². The Labute approximate surface area is 244 Å². The quantitative estimate of drug-likeness (QED) is 0.351. The van der Waals surface area contributed by atoms with Gasteiger partial charge in [0.1, 0.15) is 5.75 Å². The molecule has 2 fully saturated rings. The summed E-state index contributed by atoms with van der Waals surface area (Å²) >= 11 is 0. The SMILES string of the molecule is O=C(O)CN1CCCC2(CCC1)CCCN(c1ccc([C@@H]3c4ccc(O)cc4CC[C@@H]3c3ccccc3)cc1)CC2. The molecule has 0 saturated carbocycles. The van der Waals surface area contributed by atoms with Crippen molar-refractivity contribution in [2.45, 2.75) is 69.6 Å². The molecule has 0 radical (unpaired) electrons. The number of likely N-dealkylation sites (tertiary alicyclic amines) is 1. The van der Waals surface area contributed by atoms with E-state index >= 15 is 0 Å². The molecule has 0 amide bonds. The molecule has 0 aromatic heterocycles. The van der Waals surface area contributed by atoms with E-state index in [-0.39, 0.29) is 12.5 Å². The van der Waals surface area contributed by atoms with Crippen LogP contribution in [0, 0.1) is 5.41 Å². The van der Waals surface area contributed by atoms with Gasteiger partial charge in [0.05, 0.1) is 6.54 Å². The van der Waals surface area contributed by atoms with Gasteiger partial charge in [0, 0.05) is 24.7 Å². The van der Waals surface area contributed by atoms with Gasteiger partial charge in [-0.2, -0.15) is 0 Å². The van der Waals surface area contributed by atoms with Gasteiger partial charge in [-0.1, -0.05) is 48.5 Å². The lowest BCUT2D eigenvalue weighted by atomic mass is 9.69. The first-order valence-electron chi connectivity index (χ1n) is 15.7. The standard InChI is InChI=1S/C36H44N2O3/c39-31-14-16-33-29(25-31)11-15-32(27-7-2-1-3-8-27)35(33)28-9-12-30(13-10-28)38-23-6-19-36(20-24-38)17-4-21-37(22-5-18-36)26-34(40)41/h1-3,7-10,12-14,16,25,32,35,39H,4-6,11,15,17-24,26H2,(H,40,41)/t32-,35+/m1/s1. The van der Waals surface area contributed by atoms with E-state index in [0.717, 1.165) is 51.9 Å². The molecule has 3 aromatic rings. The number of carboxylic acids is 1. The lowest BCUT2D eigenvalue weighted by Gasteiger charge is -2.37. The number of hydrogen-bond donors (Lipinski definition) is 2. The van der Waals surface area contributed by atoms with E-state index < -0.39 is 5.97 Å². The van der Waals surface area contributed by atoms with Crippen molar-refractivity contribution in [3.63, 3.8) is 0 Å². The van der Waals surface area contributed by atoms with Gasteiger partial charge in [-0.25, -0.2) is 0 Å². The Bertz CT molecular complexity index is 1310. The van der Waals surface area contributed by atoms with Crippen LogP contribution < -0.4 is 4.90 Å². The van der Waals surface area contributed by atoms with Gasteiger partial charge in [-0.3, -0.25) is 9.69 Å². The summed E-state index contributed by atoms with van der Waals surface area (Å²) in [4.78, 5) is 15.9. The first kappa shape index (κ1) is 27.8. The highest BCUT2D eigenvalue weighted by atomic mass is 16.4. The summed E-state index contributed by atoms with van der Waals surface area (Å²) in [6.07, 6.45) is 10.4. The molecule has 2 heterocycles. The second kappa shape index (κ2) is 12.3. The van der Waals surface area contributed by atoms with Crippen LogP contribution in [0.1, 0.15) is 85.5 Å². The summed E-state index contributed by atoms with van der Waals surface area (Å²) in [5.41, 5.74) is 7.09. The summed E-state index contributed by atoms with van der Waals surface area (Å²) in [5, 5.41) is 19.4. The Morgan fingerprint density at radius 3 is 2.22 bits per heavy atom. The fraction of sp³-hybridized carbons (Fsp3) is 0.472. The van der Waals surface area contributed by atoms with Gasteiger partial charge < -0.3 is 15.1 Å². The number of carboxylic acid groups (broad SMARTS) is 1. The number of anilines is 1. The third kappa shape index (κ3) is 6.30. The molecule has 1 spiro atoms. The number of rotatable bonds is 5. The molecule has 3 aromatic carbocycles. The van der Waals surface area contributed by atoms with Gasteiger partial charge in [0.25, 0.3) is 0 Å². The fourth-order valence-electron chi connectivity index (χ4n) is 8.12. The minimum Gasteiger partial charge on any atom is -0.508 e. The highest BCUT2D eigenvalue weighted by molar-refractivity contribution is 5.69. The normalized spacial score (nSPS) is 23.3. The molecule has 0 unspecified atom stereocenters. The number of phenols is 1. The number of aryl methyl sites for hydroxylation is 1. The highest BCUT2D eigenvalue weighted by Gasteiger charge is 2.34. The molecule has 3 aliphatic rings. The molecule has 1 aliphatic carbocycles. The molecule has 0 bridgehead atoms. The smallest absolute Gasteiger partial charge is 0.317 e. The first-order valence-corrected chi connectivity index (χ1v) is 15.7. The van der Waals surface area contributed by atoms with Crippen molar-refractivity contribution in [1.82, 2.24) is 4.90 Å². The van der Waals surface area contributed by atoms with Crippen LogP contribution in [0.2, 0.25) is 0 Å². The Kier molecular flexibility index (Phi) is 8.34. The molecular formula is C36H44N2O3. The monoisotopic (exact) mass is 552 g/mol. The van der Waals surface area contributed by atoms with E-state index in [1.54, 1.807) is 0 Å². The molecule has 5 nitrogen and oxygen atoms in total. The van der Waals surface area contributed by atoms with Gasteiger partial charge in [0.15, 0.2) is 0 Å². The van der Waals surface area contributed by atoms with Gasteiger partial charge in [0.2, 0.25) is 0 Å². The van der Waals surface area contributed by atoms with E-state index in [1.165, 1.54) is 60.0 Å². The number of aliphatic carboxylic acids is 1. The number of carbonyl (C=O) groups is 1. The maximum atomic E-state index is 11.2. The summed E-state index contributed by atoms with van der Waals surface area (Å²) in [5.74, 6) is 0.345. The van der Waals surface area contributed by atoms with Crippen molar-refractivity contribution < 1.29 is 15.0 Å². The van der Waals surface area contributed by atoms with Crippen molar-refractivity contribution in [2.75, 3.05) is 37.6 Å². The highest BCUT2D eigenvalue weighted by Crippen LogP contribution is 2.47. The van der Waals surface area contributed by atoms with Crippen molar-refractivity contribution in [3.8, 4) is 5.75 Å². The predicted octanol–water partition coefficient (Wildman–Crippen LogP) is 7.19. The molecule has 5 heteroatoms. The van der Waals surface area contributed by atoms with E-state index in [2.05, 4.69) is 70.5 Å². The number of hydrogen-bond acceptors (Lipinski definition) is 4. The topological polar surface area (TPSA) is 64.0 Å². The zero-order chi connectivity index (χ0) is 28.2. The van der Waals surface area contributed by atoms with E-state index in [0.29, 0.717) is 17.1 Å². The second-order valence-electron chi connectivity index (χ2n) is 12.7. The number of benzene rings is 3. The lowest BCUT2D eigenvalue weighted by Crippen LogP contribution is -2.36. The van der Waals surface area contributed by atoms with E-state index in [9.17, 15) is 15.0 Å². The van der Waals surface area contributed by atoms with Crippen molar-refractivity contribution in [3.05, 3.63) is 95.1 Å². The lowest BCUT2D eigenvalue weighted by molar-refractivity contribution is -0.138. The third-order valence-electron chi connectivity index (χ3n) is 10.2. The van der Waals surface area contributed by atoms with Crippen LogP contribution in [0.5, 0.6) is 5.75 Å². The molecule has 2 atom stereocenters. The molecule has 2 aliphatic heterocycles. The van der Waals surface area contributed by atoms with Gasteiger partial charge in [-0.05, 0) is 129 Å². The molecule has 41 heavy (non-hydrogen) atoms. The van der Waals surface area contributed by atoms with Crippen molar-refractivity contribution >= 4 is 11.7 Å². The van der Waals surface area contributed by atoms with Crippen LogP contribution >= 0.6 is 0 Å². The summed E-state index contributed by atoms with van der Waals surface area (Å²) in [7, 11) is 0. The largest absolute Gasteiger partial charge is 0.508 e. The van der Waals surface area contributed by atoms with Crippen LogP contribution in [0.3, 0.4) is 0 Å². The Morgan fingerprint density at radius 2 is 1.51 bits per heavy atom. The van der Waals surface area contributed by atoms with Crippen molar-refractivity contribution in [2.24, 2.45) is 5.41 Å². The van der Waals surface area contributed by atoms with Crippen LogP contribution in [-0.2, 0) is 11.2 Å². The average molecular weight is 553 g/mol. The Morgan fingerprint density at radius 1 is 0.805 bits per heavy atom. The van der Waals surface area contributed by atoms with Crippen LogP contribution in [0.4, 0.5) is 5.69 Å². The van der Waals surface area contributed by atoms with E-state index in [4.69, 9.17) is 0 Å². The Hall–Kier alpha value is -3.31. The molecular weight excluding hydrogens is 508 g/mol. The maximum Gasteiger partial charge on any atom is 0.317 e. The van der Waals surface area contributed by atoms with Crippen LogP contribution in [0.25, 0.3) is 0 Å². The molecule has 2 N–H and O–H groups in total. The zero-order valence-electron chi connectivity index (χ0n) is 24.2.